The summed E-state index contributed by atoms with van der Waals surface area (Å²) in [6.45, 7) is 0. The van der Waals surface area contributed by atoms with Gasteiger partial charge in [0.1, 0.15) is 11.5 Å². The molecule has 0 bridgehead atoms. The van der Waals surface area contributed by atoms with Gasteiger partial charge >= 0.3 is 0 Å². The molecule has 1 aromatic carbocycles. The number of pyridine rings is 1. The number of hydrogen-bond donors (Lipinski definition) is 2. The molecule has 0 aliphatic heterocycles. The number of rotatable bonds is 4. The third kappa shape index (κ3) is 2.63. The van der Waals surface area contributed by atoms with Crippen molar-refractivity contribution in [1.82, 2.24) is 4.98 Å². The number of methoxy groups -OCH3 is 1. The number of aromatic nitrogens is 1. The quantitative estimate of drug-likeness (QED) is 0.810. The Kier molecular flexibility index (Phi) is 3.52. The van der Waals surface area contributed by atoms with Gasteiger partial charge in [-0.15, -0.1) is 0 Å². The first-order valence-electron chi connectivity index (χ1n) is 5.48. The van der Waals surface area contributed by atoms with E-state index in [1.807, 2.05) is 19.2 Å². The molecule has 18 heavy (non-hydrogen) atoms. The van der Waals surface area contributed by atoms with Crippen LogP contribution in [0.3, 0.4) is 0 Å². The fourth-order valence-electron chi connectivity index (χ4n) is 1.52. The summed E-state index contributed by atoms with van der Waals surface area (Å²) >= 11 is 0. The molecule has 0 fully saturated rings. The Balaban J connectivity index is 2.22. The predicted octanol–water partition coefficient (Wildman–Crippen LogP) is 2.51. The normalized spacial score (nSPS) is 9.89. The van der Waals surface area contributed by atoms with E-state index >= 15 is 0 Å². The molecule has 1 heterocycles. The summed E-state index contributed by atoms with van der Waals surface area (Å²) in [4.78, 5) is 4.01. The molecular weight excluding hydrogens is 230 g/mol. The maximum absolute atomic E-state index is 5.79. The molecule has 94 valence electrons. The van der Waals surface area contributed by atoms with Gasteiger partial charge in [0.25, 0.3) is 0 Å². The van der Waals surface area contributed by atoms with Crippen LogP contribution in [-0.2, 0) is 0 Å². The first-order chi connectivity index (χ1) is 8.72. The highest BCUT2D eigenvalue weighted by Gasteiger charge is 2.03. The largest absolute Gasteiger partial charge is 0.481 e. The van der Waals surface area contributed by atoms with Crippen LogP contribution in [0.5, 0.6) is 17.4 Å². The molecule has 5 nitrogen and oxygen atoms in total. The standard InChI is InChI=1S/C13H15N3O2/c1-15-12-7-9(3-4-11(12)14)18-10-5-6-16-13(8-10)17-2/h3-8,15H,14H2,1-2H3. The van der Waals surface area contributed by atoms with Crippen LogP contribution in [0, 0.1) is 0 Å². The molecule has 0 spiro atoms. The van der Waals surface area contributed by atoms with E-state index in [1.54, 1.807) is 31.5 Å². The van der Waals surface area contributed by atoms with E-state index in [2.05, 4.69) is 10.3 Å². The zero-order chi connectivity index (χ0) is 13.0. The van der Waals surface area contributed by atoms with Crippen LogP contribution in [0.4, 0.5) is 11.4 Å². The lowest BCUT2D eigenvalue weighted by Crippen LogP contribution is -1.96. The van der Waals surface area contributed by atoms with Crippen LogP contribution in [0.25, 0.3) is 0 Å². The topological polar surface area (TPSA) is 69.4 Å². The summed E-state index contributed by atoms with van der Waals surface area (Å²) in [6, 6.07) is 8.91. The zero-order valence-electron chi connectivity index (χ0n) is 10.3. The Labute approximate surface area is 106 Å². The Morgan fingerprint density at radius 1 is 1.17 bits per heavy atom. The molecule has 0 unspecified atom stereocenters. The molecule has 0 aliphatic rings. The first kappa shape index (κ1) is 12.0. The second kappa shape index (κ2) is 5.27. The SMILES string of the molecule is CNc1cc(Oc2ccnc(OC)c2)ccc1N. The summed E-state index contributed by atoms with van der Waals surface area (Å²) in [5, 5.41) is 3.00. The van der Waals surface area contributed by atoms with Crippen molar-refractivity contribution in [2.75, 3.05) is 25.2 Å². The lowest BCUT2D eigenvalue weighted by Gasteiger charge is -2.10. The molecule has 0 aliphatic carbocycles. The Morgan fingerprint density at radius 3 is 2.67 bits per heavy atom. The molecule has 1 aromatic heterocycles. The predicted molar refractivity (Wildman–Crippen MR) is 71.3 cm³/mol. The van der Waals surface area contributed by atoms with Gasteiger partial charge in [-0.1, -0.05) is 0 Å². The molecule has 0 atom stereocenters. The van der Waals surface area contributed by atoms with E-state index < -0.39 is 0 Å². The molecule has 0 saturated heterocycles. The highest BCUT2D eigenvalue weighted by molar-refractivity contribution is 5.68. The van der Waals surface area contributed by atoms with Crippen molar-refractivity contribution >= 4 is 11.4 Å². The van der Waals surface area contributed by atoms with Crippen molar-refractivity contribution in [2.45, 2.75) is 0 Å². The molecule has 5 heteroatoms. The Hall–Kier alpha value is -2.43. The average molecular weight is 245 g/mol. The van der Waals surface area contributed by atoms with Gasteiger partial charge in [-0.05, 0) is 18.2 Å². The van der Waals surface area contributed by atoms with Crippen molar-refractivity contribution in [3.63, 3.8) is 0 Å². The lowest BCUT2D eigenvalue weighted by molar-refractivity contribution is 0.392. The number of nitrogens with one attached hydrogen (secondary N) is 1. The van der Waals surface area contributed by atoms with Crippen LogP contribution in [0.2, 0.25) is 0 Å². The van der Waals surface area contributed by atoms with Gasteiger partial charge < -0.3 is 20.5 Å². The van der Waals surface area contributed by atoms with Crippen LogP contribution in [0.15, 0.2) is 36.5 Å². The summed E-state index contributed by atoms with van der Waals surface area (Å²) in [5.74, 6) is 1.87. The minimum Gasteiger partial charge on any atom is -0.481 e. The van der Waals surface area contributed by atoms with Crippen LogP contribution in [-0.4, -0.2) is 19.1 Å². The lowest BCUT2D eigenvalue weighted by atomic mass is 10.2. The molecule has 2 aromatic rings. The van der Waals surface area contributed by atoms with E-state index in [0.717, 1.165) is 5.69 Å². The van der Waals surface area contributed by atoms with Gasteiger partial charge in [-0.2, -0.15) is 0 Å². The molecular formula is C13H15N3O2. The van der Waals surface area contributed by atoms with E-state index in [1.165, 1.54) is 0 Å². The van der Waals surface area contributed by atoms with E-state index in [-0.39, 0.29) is 0 Å². The Bertz CT molecular complexity index is 544. The summed E-state index contributed by atoms with van der Waals surface area (Å²) in [7, 11) is 3.37. The number of nitrogens with zero attached hydrogens (tertiary/aromatic N) is 1. The number of ether oxygens (including phenoxy) is 2. The molecule has 0 saturated carbocycles. The summed E-state index contributed by atoms with van der Waals surface area (Å²) < 4.78 is 10.7. The van der Waals surface area contributed by atoms with Crippen molar-refractivity contribution in [1.29, 1.82) is 0 Å². The van der Waals surface area contributed by atoms with Crippen LogP contribution < -0.4 is 20.5 Å². The van der Waals surface area contributed by atoms with E-state index in [4.69, 9.17) is 15.2 Å². The van der Waals surface area contributed by atoms with Crippen molar-refractivity contribution in [3.05, 3.63) is 36.5 Å². The van der Waals surface area contributed by atoms with Gasteiger partial charge in [0.15, 0.2) is 0 Å². The molecule has 3 N–H and O–H groups in total. The second-order valence-corrected chi connectivity index (χ2v) is 3.64. The summed E-state index contributed by atoms with van der Waals surface area (Å²) in [6.07, 6.45) is 1.63. The molecule has 2 rings (SSSR count). The fourth-order valence-corrected chi connectivity index (χ4v) is 1.52. The van der Waals surface area contributed by atoms with Gasteiger partial charge in [-0.25, -0.2) is 4.98 Å². The first-order valence-corrected chi connectivity index (χ1v) is 5.48. The number of benzene rings is 1. The van der Waals surface area contributed by atoms with Crippen molar-refractivity contribution in [2.24, 2.45) is 0 Å². The number of nitrogen functional groups attached to an aromatic ring is 1. The summed E-state index contributed by atoms with van der Waals surface area (Å²) in [5.41, 5.74) is 7.30. The van der Waals surface area contributed by atoms with Crippen molar-refractivity contribution in [3.8, 4) is 17.4 Å². The molecule has 0 radical (unpaired) electrons. The molecule has 0 amide bonds. The van der Waals surface area contributed by atoms with Crippen LogP contribution >= 0.6 is 0 Å². The minimum absolute atomic E-state index is 0.511. The Morgan fingerprint density at radius 2 is 1.94 bits per heavy atom. The van der Waals surface area contributed by atoms with Crippen molar-refractivity contribution < 1.29 is 9.47 Å². The van der Waals surface area contributed by atoms with Gasteiger partial charge in [0.2, 0.25) is 5.88 Å². The highest BCUT2D eigenvalue weighted by Crippen LogP contribution is 2.28. The second-order valence-electron chi connectivity index (χ2n) is 3.64. The third-order valence-corrected chi connectivity index (χ3v) is 2.45. The maximum atomic E-state index is 5.79. The van der Waals surface area contributed by atoms with Crippen LogP contribution in [0.1, 0.15) is 0 Å². The minimum atomic E-state index is 0.511. The number of nitrogens with two attached hydrogens (primary N) is 1. The number of hydrogen-bond acceptors (Lipinski definition) is 5. The average Bonchev–Trinajstić information content (AvgIpc) is 2.41. The fraction of sp³-hybridized carbons (Fsp3) is 0.154. The third-order valence-electron chi connectivity index (χ3n) is 2.45. The zero-order valence-corrected chi connectivity index (χ0v) is 10.3. The maximum Gasteiger partial charge on any atom is 0.216 e. The monoisotopic (exact) mass is 245 g/mol. The van der Waals surface area contributed by atoms with Gasteiger partial charge in [-0.3, -0.25) is 0 Å². The van der Waals surface area contributed by atoms with E-state index in [9.17, 15) is 0 Å². The van der Waals surface area contributed by atoms with Gasteiger partial charge in [0.05, 0.1) is 18.5 Å². The highest BCUT2D eigenvalue weighted by atomic mass is 16.5. The van der Waals surface area contributed by atoms with Gasteiger partial charge in [0, 0.05) is 25.4 Å². The smallest absolute Gasteiger partial charge is 0.216 e. The van der Waals surface area contributed by atoms with E-state index in [0.29, 0.717) is 23.1 Å². The number of anilines is 2.